The highest BCUT2D eigenvalue weighted by atomic mass is 32.1. The molecule has 2 heterocycles. The number of hydrogen-bond acceptors (Lipinski definition) is 5. The summed E-state index contributed by atoms with van der Waals surface area (Å²) in [7, 11) is 1.79. The quantitative estimate of drug-likeness (QED) is 0.909. The lowest BCUT2D eigenvalue weighted by molar-refractivity contribution is 0.0411. The molecule has 0 bridgehead atoms. The first-order chi connectivity index (χ1) is 10.3. The van der Waals surface area contributed by atoms with Crippen molar-refractivity contribution in [3.05, 3.63) is 46.5 Å². The van der Waals surface area contributed by atoms with Crippen LogP contribution in [0.5, 0.6) is 0 Å². The van der Waals surface area contributed by atoms with Gasteiger partial charge in [0.2, 0.25) is 0 Å². The molecule has 1 aromatic carbocycles. The fourth-order valence-electron chi connectivity index (χ4n) is 2.41. The van der Waals surface area contributed by atoms with Crippen molar-refractivity contribution in [2.75, 3.05) is 25.5 Å². The number of nitrogens with one attached hydrogen (secondary N) is 2. The van der Waals surface area contributed by atoms with E-state index in [2.05, 4.69) is 27.8 Å². The predicted molar refractivity (Wildman–Crippen MR) is 82.8 cm³/mol. The standard InChI is InChI=1S/C15H17N3O2S/c1-16-15-18-12(9-21-15)14(19)17-8-13-11-5-3-2-4-10(11)6-7-20-13/h2-5,9,13H,6-8H2,1H3,(H,16,18)(H,17,19)/t13-/m0/s1. The number of aromatic nitrogens is 1. The van der Waals surface area contributed by atoms with Crippen molar-refractivity contribution >= 4 is 22.4 Å². The minimum Gasteiger partial charge on any atom is -0.371 e. The normalized spacial score (nSPS) is 17.1. The zero-order valence-corrected chi connectivity index (χ0v) is 12.6. The van der Waals surface area contributed by atoms with Gasteiger partial charge in [-0.05, 0) is 17.5 Å². The van der Waals surface area contributed by atoms with Crippen LogP contribution in [-0.4, -0.2) is 31.1 Å². The minimum absolute atomic E-state index is 0.0821. The fraction of sp³-hybridized carbons (Fsp3) is 0.333. The Balaban J connectivity index is 1.64. The van der Waals surface area contributed by atoms with Crippen LogP contribution in [0.3, 0.4) is 0 Å². The van der Waals surface area contributed by atoms with Gasteiger partial charge in [0.1, 0.15) is 11.8 Å². The van der Waals surface area contributed by atoms with Crippen molar-refractivity contribution in [3.8, 4) is 0 Å². The third-order valence-electron chi connectivity index (χ3n) is 3.49. The summed E-state index contributed by atoms with van der Waals surface area (Å²) in [5.41, 5.74) is 2.90. The number of nitrogens with zero attached hydrogens (tertiary/aromatic N) is 1. The molecule has 0 unspecified atom stereocenters. The number of hydrogen-bond donors (Lipinski definition) is 2. The molecular formula is C15H17N3O2S. The number of amides is 1. The van der Waals surface area contributed by atoms with Crippen LogP contribution >= 0.6 is 11.3 Å². The van der Waals surface area contributed by atoms with Crippen molar-refractivity contribution in [2.45, 2.75) is 12.5 Å². The molecule has 0 fully saturated rings. The summed E-state index contributed by atoms with van der Waals surface area (Å²) in [5, 5.41) is 8.31. The summed E-state index contributed by atoms with van der Waals surface area (Å²) in [4.78, 5) is 16.3. The van der Waals surface area contributed by atoms with E-state index in [-0.39, 0.29) is 12.0 Å². The third kappa shape index (κ3) is 3.06. The molecule has 1 atom stereocenters. The molecule has 0 saturated carbocycles. The summed E-state index contributed by atoms with van der Waals surface area (Å²) in [5.74, 6) is -0.167. The zero-order chi connectivity index (χ0) is 14.7. The minimum atomic E-state index is -0.167. The van der Waals surface area contributed by atoms with Crippen molar-refractivity contribution in [3.63, 3.8) is 0 Å². The number of ether oxygens (including phenoxy) is 1. The van der Waals surface area contributed by atoms with E-state index in [1.54, 1.807) is 12.4 Å². The fourth-order valence-corrected chi connectivity index (χ4v) is 3.07. The third-order valence-corrected chi connectivity index (χ3v) is 4.35. The lowest BCUT2D eigenvalue weighted by atomic mass is 9.97. The highest BCUT2D eigenvalue weighted by Gasteiger charge is 2.21. The second-order valence-corrected chi connectivity index (χ2v) is 5.66. The van der Waals surface area contributed by atoms with Gasteiger partial charge in [-0.25, -0.2) is 4.98 Å². The van der Waals surface area contributed by atoms with Crippen LogP contribution in [-0.2, 0) is 11.2 Å². The van der Waals surface area contributed by atoms with Crippen molar-refractivity contribution in [1.29, 1.82) is 0 Å². The van der Waals surface area contributed by atoms with Gasteiger partial charge in [0, 0.05) is 19.0 Å². The number of rotatable bonds is 4. The van der Waals surface area contributed by atoms with E-state index in [1.807, 2.05) is 12.1 Å². The molecule has 110 valence electrons. The van der Waals surface area contributed by atoms with Crippen LogP contribution in [0.15, 0.2) is 29.6 Å². The molecule has 1 aliphatic rings. The van der Waals surface area contributed by atoms with Gasteiger partial charge in [-0.1, -0.05) is 24.3 Å². The Hall–Kier alpha value is -1.92. The van der Waals surface area contributed by atoms with Gasteiger partial charge >= 0.3 is 0 Å². The van der Waals surface area contributed by atoms with Gasteiger partial charge in [-0.3, -0.25) is 4.79 Å². The lowest BCUT2D eigenvalue weighted by Gasteiger charge is -2.26. The average Bonchev–Trinajstić information content (AvgIpc) is 3.01. The molecule has 3 rings (SSSR count). The van der Waals surface area contributed by atoms with Crippen LogP contribution in [0.4, 0.5) is 5.13 Å². The number of carbonyl (C=O) groups is 1. The van der Waals surface area contributed by atoms with Crippen molar-refractivity contribution in [1.82, 2.24) is 10.3 Å². The monoisotopic (exact) mass is 303 g/mol. The first-order valence-electron chi connectivity index (χ1n) is 6.89. The van der Waals surface area contributed by atoms with Gasteiger partial charge < -0.3 is 15.4 Å². The van der Waals surface area contributed by atoms with E-state index >= 15 is 0 Å². The molecule has 1 amide bonds. The Morgan fingerprint density at radius 1 is 1.48 bits per heavy atom. The Kier molecular flexibility index (Phi) is 4.17. The molecule has 21 heavy (non-hydrogen) atoms. The molecule has 5 nitrogen and oxygen atoms in total. The molecule has 2 aromatic rings. The number of carbonyl (C=O) groups excluding carboxylic acids is 1. The maximum atomic E-state index is 12.1. The Labute approximate surface area is 127 Å². The van der Waals surface area contributed by atoms with Gasteiger partial charge in [-0.15, -0.1) is 11.3 Å². The first kappa shape index (κ1) is 14.0. The van der Waals surface area contributed by atoms with Crippen molar-refractivity contribution < 1.29 is 9.53 Å². The van der Waals surface area contributed by atoms with Crippen LogP contribution in [0.1, 0.15) is 27.7 Å². The highest BCUT2D eigenvalue weighted by Crippen LogP contribution is 2.26. The number of benzene rings is 1. The summed E-state index contributed by atoms with van der Waals surface area (Å²) in [6.07, 6.45) is 0.847. The SMILES string of the molecule is CNc1nc(C(=O)NC[C@@H]2OCCc3ccccc32)cs1. The van der Waals surface area contributed by atoms with Crippen LogP contribution in [0, 0.1) is 0 Å². The first-order valence-corrected chi connectivity index (χ1v) is 7.77. The second kappa shape index (κ2) is 6.24. The molecule has 0 aliphatic carbocycles. The van der Waals surface area contributed by atoms with E-state index < -0.39 is 0 Å². The largest absolute Gasteiger partial charge is 0.371 e. The van der Waals surface area contributed by atoms with E-state index in [4.69, 9.17) is 4.74 Å². The van der Waals surface area contributed by atoms with E-state index in [9.17, 15) is 4.79 Å². The Morgan fingerprint density at radius 2 is 2.33 bits per heavy atom. The topological polar surface area (TPSA) is 63.2 Å². The Morgan fingerprint density at radius 3 is 3.14 bits per heavy atom. The predicted octanol–water partition coefficient (Wildman–Crippen LogP) is 2.23. The molecule has 6 heteroatoms. The number of fused-ring (bicyclic) bond motifs is 1. The Bertz CT molecular complexity index is 641. The highest BCUT2D eigenvalue weighted by molar-refractivity contribution is 7.13. The van der Waals surface area contributed by atoms with Gasteiger partial charge in [-0.2, -0.15) is 0 Å². The molecule has 0 spiro atoms. The zero-order valence-electron chi connectivity index (χ0n) is 11.8. The lowest BCUT2D eigenvalue weighted by Crippen LogP contribution is -2.32. The molecular weight excluding hydrogens is 286 g/mol. The maximum absolute atomic E-state index is 12.1. The van der Waals surface area contributed by atoms with Crippen LogP contribution in [0.25, 0.3) is 0 Å². The molecule has 1 aliphatic heterocycles. The van der Waals surface area contributed by atoms with Gasteiger partial charge in [0.15, 0.2) is 5.13 Å². The smallest absolute Gasteiger partial charge is 0.270 e. The number of anilines is 1. The maximum Gasteiger partial charge on any atom is 0.270 e. The molecule has 0 saturated heterocycles. The van der Waals surface area contributed by atoms with Gasteiger partial charge in [0.05, 0.1) is 6.61 Å². The summed E-state index contributed by atoms with van der Waals surface area (Å²) in [6, 6.07) is 8.22. The summed E-state index contributed by atoms with van der Waals surface area (Å²) < 4.78 is 5.77. The molecule has 2 N–H and O–H groups in total. The molecule has 1 aromatic heterocycles. The van der Waals surface area contributed by atoms with Crippen LogP contribution in [0.2, 0.25) is 0 Å². The van der Waals surface area contributed by atoms with E-state index in [1.165, 1.54) is 22.5 Å². The average molecular weight is 303 g/mol. The second-order valence-electron chi connectivity index (χ2n) is 4.81. The van der Waals surface area contributed by atoms with Crippen LogP contribution < -0.4 is 10.6 Å². The summed E-state index contributed by atoms with van der Waals surface area (Å²) in [6.45, 7) is 1.15. The van der Waals surface area contributed by atoms with Gasteiger partial charge in [0.25, 0.3) is 5.91 Å². The number of thiazole rings is 1. The van der Waals surface area contributed by atoms with E-state index in [0.29, 0.717) is 18.8 Å². The van der Waals surface area contributed by atoms with E-state index in [0.717, 1.165) is 11.6 Å². The molecule has 0 radical (unpaired) electrons. The van der Waals surface area contributed by atoms with Crippen molar-refractivity contribution in [2.24, 2.45) is 0 Å². The summed E-state index contributed by atoms with van der Waals surface area (Å²) >= 11 is 1.41.